The fourth-order valence-electron chi connectivity index (χ4n) is 1.15. The molecule has 9 heteroatoms. The Kier molecular flexibility index (Phi) is 3.76. The number of anilines is 1. The van der Waals surface area contributed by atoms with Crippen LogP contribution in [0.2, 0.25) is 0 Å². The third-order valence-corrected chi connectivity index (χ3v) is 2.62. The van der Waals surface area contributed by atoms with Crippen LogP contribution in [-0.2, 0) is 14.9 Å². The molecule has 8 nitrogen and oxygen atoms in total. The highest BCUT2D eigenvalue weighted by atomic mass is 32.2. The molecule has 0 unspecified atom stereocenters. The third-order valence-electron chi connectivity index (χ3n) is 1.73. The predicted octanol–water partition coefficient (Wildman–Crippen LogP) is 0.849. The molecule has 0 radical (unpaired) electrons. The molecule has 0 saturated carbocycles. The minimum Gasteiger partial charge on any atom is -0.325 e. The number of carbonyl (C=O) groups is 1. The van der Waals surface area contributed by atoms with Crippen molar-refractivity contribution in [2.24, 2.45) is 16.2 Å². The molecule has 0 heterocycles. The second kappa shape index (κ2) is 4.89. The molecule has 0 aromatic heterocycles. The van der Waals surface area contributed by atoms with Crippen molar-refractivity contribution in [1.29, 1.82) is 0 Å². The third kappa shape index (κ3) is 3.50. The van der Waals surface area contributed by atoms with Crippen LogP contribution >= 0.6 is 0 Å². The number of rotatable bonds is 3. The Morgan fingerprint density at radius 3 is 2.59 bits per heavy atom. The van der Waals surface area contributed by atoms with Gasteiger partial charge in [0.05, 0.1) is 11.4 Å². The van der Waals surface area contributed by atoms with E-state index in [1.54, 1.807) is 0 Å². The first-order chi connectivity index (χ1) is 7.84. The van der Waals surface area contributed by atoms with Gasteiger partial charge in [0, 0.05) is 6.92 Å². The monoisotopic (exact) mass is 258 g/mol. The number of hydrogen-bond donors (Lipinski definition) is 3. The highest BCUT2D eigenvalue weighted by Gasteiger charge is 2.17. The van der Waals surface area contributed by atoms with E-state index < -0.39 is 20.9 Å². The number of nitrogens with one attached hydrogen (secondary N) is 1. The Hall–Kier alpha value is -2.00. The maximum atomic E-state index is 11.1. The van der Waals surface area contributed by atoms with Gasteiger partial charge in [-0.25, -0.2) is 0 Å². The number of nitrogens with zero attached hydrogens (tertiary/aromatic N) is 2. The molecule has 0 spiro atoms. The van der Waals surface area contributed by atoms with Gasteiger partial charge in [0.1, 0.15) is 4.90 Å². The first-order valence-electron chi connectivity index (χ1n) is 4.34. The summed E-state index contributed by atoms with van der Waals surface area (Å²) in [6, 6.07) is 3.70. The van der Waals surface area contributed by atoms with Gasteiger partial charge in [0.2, 0.25) is 5.91 Å². The van der Waals surface area contributed by atoms with E-state index in [1.165, 1.54) is 19.1 Å². The van der Waals surface area contributed by atoms with E-state index in [-0.39, 0.29) is 11.4 Å². The lowest BCUT2D eigenvalue weighted by Crippen LogP contribution is -2.10. The van der Waals surface area contributed by atoms with E-state index in [4.69, 9.17) is 10.4 Å². The maximum absolute atomic E-state index is 11.1. The van der Waals surface area contributed by atoms with Crippen LogP contribution in [0, 0.1) is 0 Å². The average molecular weight is 258 g/mol. The van der Waals surface area contributed by atoms with E-state index in [0.29, 0.717) is 0 Å². The molecule has 1 amide bonds. The highest BCUT2D eigenvalue weighted by Crippen LogP contribution is 2.26. The summed E-state index contributed by atoms with van der Waals surface area (Å²) in [6.45, 7) is 1.21. The molecule has 92 valence electrons. The molecule has 0 atom stereocenters. The van der Waals surface area contributed by atoms with Crippen LogP contribution in [0.25, 0.3) is 0 Å². The number of amides is 1. The molecule has 0 saturated heterocycles. The summed E-state index contributed by atoms with van der Waals surface area (Å²) in [5.41, 5.74) is 0.0881. The SMILES string of the molecule is CC(=O)Nc1ccc(N=NN)cc1S(=O)(=O)O. The van der Waals surface area contributed by atoms with Gasteiger partial charge in [-0.1, -0.05) is 5.22 Å². The second-order valence-electron chi connectivity index (χ2n) is 3.05. The number of benzene rings is 1. The Balaban J connectivity index is 3.37. The summed E-state index contributed by atoms with van der Waals surface area (Å²) in [7, 11) is -4.48. The molecule has 0 aliphatic rings. The van der Waals surface area contributed by atoms with Gasteiger partial charge in [0.25, 0.3) is 10.1 Å². The quantitative estimate of drug-likeness (QED) is 0.319. The fraction of sp³-hybridized carbons (Fsp3) is 0.125. The zero-order valence-electron chi connectivity index (χ0n) is 8.78. The van der Waals surface area contributed by atoms with E-state index in [9.17, 15) is 13.2 Å². The molecule has 1 aromatic rings. The Morgan fingerprint density at radius 1 is 1.47 bits per heavy atom. The minimum absolute atomic E-state index is 0.0454. The van der Waals surface area contributed by atoms with Gasteiger partial charge in [-0.2, -0.15) is 8.42 Å². The molecule has 0 aliphatic heterocycles. The van der Waals surface area contributed by atoms with E-state index in [1.807, 2.05) is 0 Å². The summed E-state index contributed by atoms with van der Waals surface area (Å²) in [5, 5.41) is 8.66. The fourth-order valence-corrected chi connectivity index (χ4v) is 1.81. The molecule has 17 heavy (non-hydrogen) atoms. The Bertz CT molecular complexity index is 567. The van der Waals surface area contributed by atoms with Crippen LogP contribution in [0.4, 0.5) is 11.4 Å². The normalized spacial score (nSPS) is 11.6. The van der Waals surface area contributed by atoms with Crippen molar-refractivity contribution in [3.05, 3.63) is 18.2 Å². The molecule has 1 aromatic carbocycles. The van der Waals surface area contributed by atoms with Gasteiger partial charge in [-0.15, -0.1) is 5.11 Å². The topological polar surface area (TPSA) is 134 Å². The van der Waals surface area contributed by atoms with Crippen molar-refractivity contribution in [3.63, 3.8) is 0 Å². The summed E-state index contributed by atoms with van der Waals surface area (Å²) in [5.74, 6) is 4.35. The van der Waals surface area contributed by atoms with Crippen LogP contribution in [0.15, 0.2) is 33.4 Å². The Labute approximate surface area is 97.3 Å². The zero-order chi connectivity index (χ0) is 13.1. The summed E-state index contributed by atoms with van der Waals surface area (Å²) >= 11 is 0. The first kappa shape index (κ1) is 13.1. The smallest absolute Gasteiger partial charge is 0.296 e. The summed E-state index contributed by atoms with van der Waals surface area (Å²) < 4.78 is 31.2. The second-order valence-corrected chi connectivity index (χ2v) is 4.44. The van der Waals surface area contributed by atoms with Crippen molar-refractivity contribution < 1.29 is 17.8 Å². The van der Waals surface area contributed by atoms with Gasteiger partial charge in [0.15, 0.2) is 0 Å². The Morgan fingerprint density at radius 2 is 2.12 bits per heavy atom. The molecule has 0 fully saturated rings. The minimum atomic E-state index is -4.48. The molecule has 4 N–H and O–H groups in total. The van der Waals surface area contributed by atoms with Crippen LogP contribution in [0.5, 0.6) is 0 Å². The lowest BCUT2D eigenvalue weighted by atomic mass is 10.3. The van der Waals surface area contributed by atoms with Crippen molar-refractivity contribution in [1.82, 2.24) is 0 Å². The molecule has 0 bridgehead atoms. The lowest BCUT2D eigenvalue weighted by molar-refractivity contribution is -0.114. The van der Waals surface area contributed by atoms with Crippen molar-refractivity contribution in [2.75, 3.05) is 5.32 Å². The van der Waals surface area contributed by atoms with Crippen LogP contribution < -0.4 is 11.2 Å². The van der Waals surface area contributed by atoms with E-state index in [2.05, 4.69) is 15.7 Å². The zero-order valence-corrected chi connectivity index (χ0v) is 9.60. The van der Waals surface area contributed by atoms with E-state index >= 15 is 0 Å². The van der Waals surface area contributed by atoms with E-state index in [0.717, 1.165) is 6.07 Å². The van der Waals surface area contributed by atoms with Gasteiger partial charge < -0.3 is 11.2 Å². The highest BCUT2D eigenvalue weighted by molar-refractivity contribution is 7.86. The summed E-state index contributed by atoms with van der Waals surface area (Å²) in [4.78, 5) is 10.4. The van der Waals surface area contributed by atoms with Crippen LogP contribution in [0.3, 0.4) is 0 Å². The lowest BCUT2D eigenvalue weighted by Gasteiger charge is -2.07. The maximum Gasteiger partial charge on any atom is 0.296 e. The number of carbonyl (C=O) groups excluding carboxylic acids is 1. The largest absolute Gasteiger partial charge is 0.325 e. The first-order valence-corrected chi connectivity index (χ1v) is 5.78. The van der Waals surface area contributed by atoms with Crippen molar-refractivity contribution >= 4 is 27.4 Å². The molecule has 1 rings (SSSR count). The number of nitrogens with two attached hydrogens (primary N) is 1. The molecule has 0 aliphatic carbocycles. The van der Waals surface area contributed by atoms with Crippen molar-refractivity contribution in [2.45, 2.75) is 11.8 Å². The molecular formula is C8H10N4O4S. The van der Waals surface area contributed by atoms with Gasteiger partial charge in [-0.3, -0.25) is 9.35 Å². The molecular weight excluding hydrogens is 248 g/mol. The number of hydrogen-bond acceptors (Lipinski definition) is 5. The van der Waals surface area contributed by atoms with Gasteiger partial charge in [-0.05, 0) is 18.2 Å². The predicted molar refractivity (Wildman–Crippen MR) is 59.3 cm³/mol. The average Bonchev–Trinajstić information content (AvgIpc) is 2.18. The van der Waals surface area contributed by atoms with Crippen LogP contribution in [0.1, 0.15) is 6.92 Å². The standard InChI is InChI=1S/C8H10N4O4S/c1-5(13)10-7-3-2-6(11-12-9)4-8(7)17(14,15)16/h2-4H,1H3,(H2,9,11)(H,10,13)(H,14,15,16). The summed E-state index contributed by atoms with van der Waals surface area (Å²) in [6.07, 6.45) is 0. The van der Waals surface area contributed by atoms with Gasteiger partial charge >= 0.3 is 0 Å². The van der Waals surface area contributed by atoms with Crippen molar-refractivity contribution in [3.8, 4) is 0 Å². The van der Waals surface area contributed by atoms with Crippen LogP contribution in [-0.4, -0.2) is 18.9 Å².